The molecule has 16 heavy (non-hydrogen) atoms. The average molecular weight is 223 g/mol. The van der Waals surface area contributed by atoms with Gasteiger partial charge in [0.1, 0.15) is 5.82 Å². The van der Waals surface area contributed by atoms with Gasteiger partial charge in [-0.2, -0.15) is 0 Å². The Kier molecular flexibility index (Phi) is 4.19. The average Bonchev–Trinajstić information content (AvgIpc) is 2.31. The van der Waals surface area contributed by atoms with Crippen LogP contribution in [0.2, 0.25) is 0 Å². The fourth-order valence-corrected chi connectivity index (χ4v) is 1.64. The third kappa shape index (κ3) is 2.67. The quantitative estimate of drug-likeness (QED) is 0.833. The van der Waals surface area contributed by atoms with Crippen molar-refractivity contribution in [2.45, 2.75) is 38.6 Å². The number of benzene rings is 1. The number of carbonyl (C=O) groups is 1. The monoisotopic (exact) mass is 223 g/mol. The highest BCUT2D eigenvalue weighted by atomic mass is 19.1. The molecule has 0 heterocycles. The summed E-state index contributed by atoms with van der Waals surface area (Å²) in [6.07, 6.45) is 1.23. The van der Waals surface area contributed by atoms with Gasteiger partial charge in [-0.05, 0) is 24.5 Å². The van der Waals surface area contributed by atoms with Crippen molar-refractivity contribution in [3.05, 3.63) is 35.6 Å². The van der Waals surface area contributed by atoms with Crippen LogP contribution in [0.3, 0.4) is 0 Å². The Labute approximate surface area is 95.7 Å². The van der Waals surface area contributed by atoms with Gasteiger partial charge in [-0.15, -0.1) is 0 Å². The van der Waals surface area contributed by atoms with Gasteiger partial charge in [0.05, 0.1) is 5.54 Å². The van der Waals surface area contributed by atoms with Crippen LogP contribution >= 0.6 is 0 Å². The standard InChI is InChI=1S/C13H18FNO/c1-3-13(15,4-2)12(16)9-10-7-5-6-8-11(10)14/h5-8H,3-4,9,15H2,1-2H3. The summed E-state index contributed by atoms with van der Waals surface area (Å²) in [5.41, 5.74) is 5.57. The molecule has 0 radical (unpaired) electrons. The summed E-state index contributed by atoms with van der Waals surface area (Å²) in [6, 6.07) is 6.32. The molecule has 3 heteroatoms. The fourth-order valence-electron chi connectivity index (χ4n) is 1.64. The zero-order chi connectivity index (χ0) is 12.2. The van der Waals surface area contributed by atoms with E-state index in [0.29, 0.717) is 18.4 Å². The van der Waals surface area contributed by atoms with Crippen LogP contribution in [0.25, 0.3) is 0 Å². The maximum absolute atomic E-state index is 13.4. The molecular formula is C13H18FNO. The normalized spacial score (nSPS) is 11.5. The molecular weight excluding hydrogens is 205 g/mol. The minimum absolute atomic E-state index is 0.0743. The number of ketones is 1. The van der Waals surface area contributed by atoms with Crippen molar-refractivity contribution in [3.63, 3.8) is 0 Å². The minimum atomic E-state index is -0.817. The molecule has 0 saturated heterocycles. The Hall–Kier alpha value is -1.22. The molecule has 0 unspecified atom stereocenters. The molecule has 0 spiro atoms. The number of hydrogen-bond donors (Lipinski definition) is 1. The number of hydrogen-bond acceptors (Lipinski definition) is 2. The van der Waals surface area contributed by atoms with Gasteiger partial charge >= 0.3 is 0 Å². The van der Waals surface area contributed by atoms with Crippen LogP contribution in [0.4, 0.5) is 4.39 Å². The van der Waals surface area contributed by atoms with E-state index in [1.807, 2.05) is 13.8 Å². The Balaban J connectivity index is 2.83. The van der Waals surface area contributed by atoms with Crippen molar-refractivity contribution in [3.8, 4) is 0 Å². The largest absolute Gasteiger partial charge is 0.319 e. The van der Waals surface area contributed by atoms with Gasteiger partial charge in [-0.3, -0.25) is 4.79 Å². The maximum atomic E-state index is 13.4. The van der Waals surface area contributed by atoms with E-state index in [9.17, 15) is 9.18 Å². The first-order chi connectivity index (χ1) is 7.53. The molecule has 1 aromatic carbocycles. The molecule has 2 nitrogen and oxygen atoms in total. The predicted octanol–water partition coefficient (Wildman–Crippen LogP) is 2.45. The molecule has 0 saturated carbocycles. The van der Waals surface area contributed by atoms with Gasteiger partial charge in [0.2, 0.25) is 0 Å². The SMILES string of the molecule is CCC(N)(CC)C(=O)Cc1ccccc1F. The first-order valence-corrected chi connectivity index (χ1v) is 5.59. The fraction of sp³-hybridized carbons (Fsp3) is 0.462. The van der Waals surface area contributed by atoms with Crippen LogP contribution < -0.4 is 5.73 Å². The lowest BCUT2D eigenvalue weighted by Crippen LogP contribution is -2.47. The third-order valence-corrected chi connectivity index (χ3v) is 3.13. The van der Waals surface area contributed by atoms with E-state index in [2.05, 4.69) is 0 Å². The van der Waals surface area contributed by atoms with Gasteiger partial charge in [0.15, 0.2) is 5.78 Å². The molecule has 1 aromatic rings. The maximum Gasteiger partial charge on any atom is 0.157 e. The highest BCUT2D eigenvalue weighted by Crippen LogP contribution is 2.17. The first kappa shape index (κ1) is 12.8. The van der Waals surface area contributed by atoms with Gasteiger partial charge in [0.25, 0.3) is 0 Å². The number of halogens is 1. The highest BCUT2D eigenvalue weighted by molar-refractivity contribution is 5.89. The summed E-state index contributed by atoms with van der Waals surface area (Å²) in [6.45, 7) is 3.76. The molecule has 0 atom stereocenters. The second-order valence-electron chi connectivity index (χ2n) is 4.05. The molecule has 1 rings (SSSR count). The van der Waals surface area contributed by atoms with Gasteiger partial charge < -0.3 is 5.73 Å². The van der Waals surface area contributed by atoms with Crippen molar-refractivity contribution in [1.29, 1.82) is 0 Å². The topological polar surface area (TPSA) is 43.1 Å². The third-order valence-electron chi connectivity index (χ3n) is 3.13. The van der Waals surface area contributed by atoms with E-state index in [1.165, 1.54) is 6.07 Å². The lowest BCUT2D eigenvalue weighted by atomic mass is 9.86. The summed E-state index contributed by atoms with van der Waals surface area (Å²) in [5.74, 6) is -0.437. The molecule has 0 fully saturated rings. The first-order valence-electron chi connectivity index (χ1n) is 5.59. The smallest absolute Gasteiger partial charge is 0.157 e. The lowest BCUT2D eigenvalue weighted by Gasteiger charge is -2.24. The number of nitrogens with two attached hydrogens (primary N) is 1. The number of Topliss-reactive ketones (excluding diaryl/α,β-unsaturated/α-hetero) is 1. The zero-order valence-corrected chi connectivity index (χ0v) is 9.79. The van der Waals surface area contributed by atoms with Crippen molar-refractivity contribution < 1.29 is 9.18 Å². The molecule has 0 aromatic heterocycles. The van der Waals surface area contributed by atoms with Gasteiger partial charge in [0, 0.05) is 6.42 Å². The molecule has 2 N–H and O–H groups in total. The predicted molar refractivity (Wildman–Crippen MR) is 62.6 cm³/mol. The van der Waals surface area contributed by atoms with Crippen molar-refractivity contribution >= 4 is 5.78 Å². The molecule has 0 aliphatic carbocycles. The van der Waals surface area contributed by atoms with E-state index in [1.54, 1.807) is 18.2 Å². The Morgan fingerprint density at radius 1 is 1.31 bits per heavy atom. The number of carbonyl (C=O) groups excluding carboxylic acids is 1. The van der Waals surface area contributed by atoms with Crippen molar-refractivity contribution in [2.24, 2.45) is 5.73 Å². The van der Waals surface area contributed by atoms with Crippen LogP contribution in [-0.4, -0.2) is 11.3 Å². The van der Waals surface area contributed by atoms with Crippen LogP contribution in [0.5, 0.6) is 0 Å². The van der Waals surface area contributed by atoms with Gasteiger partial charge in [-0.25, -0.2) is 4.39 Å². The lowest BCUT2D eigenvalue weighted by molar-refractivity contribution is -0.123. The van der Waals surface area contributed by atoms with E-state index in [-0.39, 0.29) is 18.0 Å². The molecule has 0 amide bonds. The van der Waals surface area contributed by atoms with E-state index in [0.717, 1.165) is 0 Å². The van der Waals surface area contributed by atoms with Gasteiger partial charge in [-0.1, -0.05) is 32.0 Å². The molecule has 88 valence electrons. The van der Waals surface area contributed by atoms with E-state index < -0.39 is 5.54 Å². The summed E-state index contributed by atoms with van der Waals surface area (Å²) in [5, 5.41) is 0. The van der Waals surface area contributed by atoms with E-state index in [4.69, 9.17) is 5.73 Å². The Bertz CT molecular complexity index is 372. The summed E-state index contributed by atoms with van der Waals surface area (Å²) < 4.78 is 13.4. The summed E-state index contributed by atoms with van der Waals surface area (Å²) >= 11 is 0. The van der Waals surface area contributed by atoms with Crippen molar-refractivity contribution in [2.75, 3.05) is 0 Å². The zero-order valence-electron chi connectivity index (χ0n) is 9.79. The van der Waals surface area contributed by atoms with Crippen LogP contribution in [0.15, 0.2) is 24.3 Å². The van der Waals surface area contributed by atoms with Crippen LogP contribution in [-0.2, 0) is 11.2 Å². The van der Waals surface area contributed by atoms with Crippen molar-refractivity contribution in [1.82, 2.24) is 0 Å². The molecule has 0 bridgehead atoms. The minimum Gasteiger partial charge on any atom is -0.319 e. The molecule has 0 aliphatic rings. The van der Waals surface area contributed by atoms with Crippen LogP contribution in [0, 0.1) is 5.82 Å². The second kappa shape index (κ2) is 5.21. The highest BCUT2D eigenvalue weighted by Gasteiger charge is 2.29. The summed E-state index contributed by atoms with van der Waals surface area (Å²) in [7, 11) is 0. The number of rotatable bonds is 5. The van der Waals surface area contributed by atoms with E-state index >= 15 is 0 Å². The Morgan fingerprint density at radius 3 is 2.38 bits per heavy atom. The Morgan fingerprint density at radius 2 is 1.88 bits per heavy atom. The summed E-state index contributed by atoms with van der Waals surface area (Å²) in [4.78, 5) is 12.0. The van der Waals surface area contributed by atoms with Crippen LogP contribution in [0.1, 0.15) is 32.3 Å². The molecule has 0 aliphatic heterocycles. The second-order valence-corrected chi connectivity index (χ2v) is 4.05.